The highest BCUT2D eigenvalue weighted by Crippen LogP contribution is 2.21. The fourth-order valence-electron chi connectivity index (χ4n) is 2.96. The Morgan fingerprint density at radius 2 is 2.00 bits per heavy atom. The van der Waals surface area contributed by atoms with Crippen molar-refractivity contribution in [2.75, 3.05) is 19.7 Å². The number of piperidine rings is 2. The summed E-state index contributed by atoms with van der Waals surface area (Å²) in [6, 6.07) is -0.143. The quantitative estimate of drug-likeness (QED) is 0.793. The Labute approximate surface area is 143 Å². The van der Waals surface area contributed by atoms with E-state index in [-0.39, 0.29) is 36.5 Å². The summed E-state index contributed by atoms with van der Waals surface area (Å²) in [6.07, 6.45) is 3.25. The van der Waals surface area contributed by atoms with E-state index in [9.17, 15) is 14.4 Å². The number of hydrogen-bond donors (Lipinski definition) is 1. The van der Waals surface area contributed by atoms with E-state index >= 15 is 0 Å². The zero-order valence-electron chi connectivity index (χ0n) is 14.8. The summed E-state index contributed by atoms with van der Waals surface area (Å²) in [7, 11) is 0. The number of nitrogens with one attached hydrogen (secondary N) is 1. The van der Waals surface area contributed by atoms with Crippen LogP contribution in [0, 0.1) is 5.92 Å². The molecule has 1 N–H and O–H groups in total. The lowest BCUT2D eigenvalue weighted by Gasteiger charge is -2.36. The molecule has 0 radical (unpaired) electrons. The van der Waals surface area contributed by atoms with Gasteiger partial charge in [0.15, 0.2) is 0 Å². The van der Waals surface area contributed by atoms with Crippen LogP contribution in [-0.2, 0) is 19.1 Å². The Kier molecular flexibility index (Phi) is 6.07. The monoisotopic (exact) mass is 340 g/mol. The first-order valence-corrected chi connectivity index (χ1v) is 8.69. The Morgan fingerprint density at radius 1 is 1.25 bits per heavy atom. The summed E-state index contributed by atoms with van der Waals surface area (Å²) < 4.78 is 10.9. The van der Waals surface area contributed by atoms with Crippen LogP contribution in [0.1, 0.15) is 52.9 Å². The number of ether oxygens (including phenoxy) is 2. The van der Waals surface area contributed by atoms with Crippen molar-refractivity contribution in [1.82, 2.24) is 10.2 Å². The van der Waals surface area contributed by atoms with Crippen LogP contribution in [0.4, 0.5) is 4.79 Å². The number of rotatable bonds is 3. The molecule has 7 heteroatoms. The minimum atomic E-state index is -0.546. The Hall–Kier alpha value is -1.79. The van der Waals surface area contributed by atoms with Crippen molar-refractivity contribution in [2.24, 2.45) is 5.92 Å². The molecule has 2 fully saturated rings. The fraction of sp³-hybridized carbons (Fsp3) is 0.824. The summed E-state index contributed by atoms with van der Waals surface area (Å²) in [5.74, 6) is -0.617. The molecule has 2 amide bonds. The maximum atomic E-state index is 12.3. The second-order valence-electron chi connectivity index (χ2n) is 7.49. The molecule has 0 spiro atoms. The van der Waals surface area contributed by atoms with Crippen molar-refractivity contribution in [3.05, 3.63) is 0 Å². The van der Waals surface area contributed by atoms with Gasteiger partial charge in [-0.3, -0.25) is 9.59 Å². The van der Waals surface area contributed by atoms with Crippen LogP contribution < -0.4 is 5.32 Å². The predicted octanol–water partition coefficient (Wildman–Crippen LogP) is 1.85. The van der Waals surface area contributed by atoms with Gasteiger partial charge in [-0.2, -0.15) is 0 Å². The lowest BCUT2D eigenvalue weighted by molar-refractivity contribution is -0.152. The number of likely N-dealkylation sites (tertiary alicyclic amines) is 1. The molecule has 2 aliphatic heterocycles. The highest BCUT2D eigenvalue weighted by atomic mass is 16.6. The van der Waals surface area contributed by atoms with Crippen molar-refractivity contribution in [2.45, 2.75) is 64.5 Å². The first-order chi connectivity index (χ1) is 11.3. The Morgan fingerprint density at radius 3 is 2.62 bits per heavy atom. The normalized spacial score (nSPS) is 25.0. The van der Waals surface area contributed by atoms with E-state index in [0.717, 1.165) is 19.3 Å². The average molecular weight is 340 g/mol. The second kappa shape index (κ2) is 7.85. The number of nitrogens with zero attached hydrogens (tertiary/aromatic N) is 1. The molecule has 7 nitrogen and oxygen atoms in total. The molecule has 0 aromatic rings. The molecular weight excluding hydrogens is 312 g/mol. The molecular formula is C17H28N2O5. The third-order valence-electron chi connectivity index (χ3n) is 4.27. The van der Waals surface area contributed by atoms with Gasteiger partial charge in [-0.05, 0) is 46.5 Å². The van der Waals surface area contributed by atoms with Crippen LogP contribution >= 0.6 is 0 Å². The fourth-order valence-corrected chi connectivity index (χ4v) is 2.96. The van der Waals surface area contributed by atoms with Gasteiger partial charge < -0.3 is 19.7 Å². The summed E-state index contributed by atoms with van der Waals surface area (Å²) in [6.45, 7) is 6.64. The molecule has 136 valence electrons. The first kappa shape index (κ1) is 18.5. The van der Waals surface area contributed by atoms with Gasteiger partial charge in [0.05, 0.1) is 12.0 Å². The van der Waals surface area contributed by atoms with Crippen molar-refractivity contribution < 1.29 is 23.9 Å². The molecule has 0 bridgehead atoms. The summed E-state index contributed by atoms with van der Waals surface area (Å²) in [4.78, 5) is 37.3. The third-order valence-corrected chi connectivity index (χ3v) is 4.27. The molecule has 0 saturated carbocycles. The summed E-state index contributed by atoms with van der Waals surface area (Å²) in [5, 5.41) is 2.68. The van der Waals surface area contributed by atoms with E-state index < -0.39 is 5.60 Å². The third kappa shape index (κ3) is 5.39. The van der Waals surface area contributed by atoms with Gasteiger partial charge in [-0.25, -0.2) is 4.79 Å². The van der Waals surface area contributed by atoms with Gasteiger partial charge in [0.25, 0.3) is 0 Å². The van der Waals surface area contributed by atoms with Crippen LogP contribution in [0.3, 0.4) is 0 Å². The summed E-state index contributed by atoms with van der Waals surface area (Å²) in [5.41, 5.74) is -0.546. The first-order valence-electron chi connectivity index (χ1n) is 8.69. The number of hydrogen-bond acceptors (Lipinski definition) is 5. The average Bonchev–Trinajstić information content (AvgIpc) is 2.52. The largest absolute Gasteiger partial charge is 0.463 e. The summed E-state index contributed by atoms with van der Waals surface area (Å²) >= 11 is 0. The molecule has 2 heterocycles. The van der Waals surface area contributed by atoms with Gasteiger partial charge in [0.2, 0.25) is 5.91 Å². The van der Waals surface area contributed by atoms with Crippen LogP contribution in [0.5, 0.6) is 0 Å². The smallest absolute Gasteiger partial charge is 0.410 e. The van der Waals surface area contributed by atoms with Crippen molar-refractivity contribution in [3.63, 3.8) is 0 Å². The zero-order chi connectivity index (χ0) is 17.7. The van der Waals surface area contributed by atoms with Crippen molar-refractivity contribution in [1.29, 1.82) is 0 Å². The van der Waals surface area contributed by atoms with Crippen molar-refractivity contribution in [3.8, 4) is 0 Å². The van der Waals surface area contributed by atoms with Crippen LogP contribution in [0.2, 0.25) is 0 Å². The van der Waals surface area contributed by atoms with Crippen LogP contribution in [0.15, 0.2) is 0 Å². The van der Waals surface area contributed by atoms with Gasteiger partial charge in [-0.1, -0.05) is 0 Å². The number of amides is 2. The predicted molar refractivity (Wildman–Crippen MR) is 87.3 cm³/mol. The van der Waals surface area contributed by atoms with Crippen molar-refractivity contribution >= 4 is 18.0 Å². The number of carbonyl (C=O) groups is 3. The van der Waals surface area contributed by atoms with Gasteiger partial charge in [0, 0.05) is 19.5 Å². The maximum absolute atomic E-state index is 12.3. The second-order valence-corrected chi connectivity index (χ2v) is 7.49. The molecule has 2 rings (SSSR count). The van der Waals surface area contributed by atoms with Crippen LogP contribution in [-0.4, -0.2) is 54.2 Å². The molecule has 0 aromatic carbocycles. The lowest BCUT2D eigenvalue weighted by atomic mass is 9.99. The maximum Gasteiger partial charge on any atom is 0.410 e. The van der Waals surface area contributed by atoms with Gasteiger partial charge in [0.1, 0.15) is 12.2 Å². The molecule has 0 aliphatic carbocycles. The lowest BCUT2D eigenvalue weighted by Crippen LogP contribution is -2.48. The SMILES string of the molecule is CC(C)(C)OC(=O)N1CCCC[C@@H]1COC(=O)[C@H]1CCC(=O)NC1. The van der Waals surface area contributed by atoms with E-state index in [2.05, 4.69) is 5.32 Å². The molecule has 2 saturated heterocycles. The zero-order valence-corrected chi connectivity index (χ0v) is 14.8. The van der Waals surface area contributed by atoms with E-state index in [1.807, 2.05) is 20.8 Å². The number of carbonyl (C=O) groups excluding carboxylic acids is 3. The molecule has 2 atom stereocenters. The van der Waals surface area contributed by atoms with Gasteiger partial charge >= 0.3 is 12.1 Å². The van der Waals surface area contributed by atoms with E-state index in [1.54, 1.807) is 4.90 Å². The minimum absolute atomic E-state index is 0.0255. The molecule has 0 unspecified atom stereocenters. The topological polar surface area (TPSA) is 84.9 Å². The van der Waals surface area contributed by atoms with Gasteiger partial charge in [-0.15, -0.1) is 0 Å². The highest BCUT2D eigenvalue weighted by molar-refractivity contribution is 5.81. The highest BCUT2D eigenvalue weighted by Gasteiger charge is 2.32. The standard InChI is InChI=1S/C17H28N2O5/c1-17(2,3)24-16(22)19-9-5-4-6-13(19)11-23-15(21)12-7-8-14(20)18-10-12/h12-13H,4-11H2,1-3H3,(H,18,20)/t12-,13+/m0/s1. The number of esters is 1. The minimum Gasteiger partial charge on any atom is -0.463 e. The molecule has 24 heavy (non-hydrogen) atoms. The molecule has 0 aromatic heterocycles. The van der Waals surface area contributed by atoms with E-state index in [1.165, 1.54) is 0 Å². The Bertz CT molecular complexity index is 476. The van der Waals surface area contributed by atoms with E-state index in [4.69, 9.17) is 9.47 Å². The van der Waals surface area contributed by atoms with Crippen LogP contribution in [0.25, 0.3) is 0 Å². The Balaban J connectivity index is 1.85. The van der Waals surface area contributed by atoms with E-state index in [0.29, 0.717) is 25.9 Å². The molecule has 2 aliphatic rings.